The number of aromatic nitrogens is 1. The van der Waals surface area contributed by atoms with Crippen LogP contribution in [-0.4, -0.2) is 23.9 Å². The molecule has 1 aliphatic heterocycles. The standard InChI is InChI=1S/C16H18N2OS/c1-17-9-13-6-7-14(10-18-13)19-11-15-8-12-4-2-3-5-16(12)20-15/h2-7,10,15,17H,8-9,11H2,1H3. The first-order valence-corrected chi connectivity index (χ1v) is 7.70. The van der Waals surface area contributed by atoms with Crippen LogP contribution in [0.15, 0.2) is 47.5 Å². The van der Waals surface area contributed by atoms with E-state index in [1.807, 2.05) is 30.9 Å². The van der Waals surface area contributed by atoms with Crippen LogP contribution in [0.1, 0.15) is 11.3 Å². The number of thioether (sulfide) groups is 1. The van der Waals surface area contributed by atoms with Crippen LogP contribution in [0, 0.1) is 0 Å². The fourth-order valence-electron chi connectivity index (χ4n) is 2.32. The van der Waals surface area contributed by atoms with Crippen molar-refractivity contribution in [3.05, 3.63) is 53.9 Å². The van der Waals surface area contributed by atoms with Gasteiger partial charge in [-0.15, -0.1) is 11.8 Å². The van der Waals surface area contributed by atoms with Gasteiger partial charge in [0.1, 0.15) is 12.4 Å². The van der Waals surface area contributed by atoms with Gasteiger partial charge in [-0.3, -0.25) is 4.98 Å². The third-order valence-electron chi connectivity index (χ3n) is 3.31. The number of nitrogens with zero attached hydrogens (tertiary/aromatic N) is 1. The molecule has 1 atom stereocenters. The van der Waals surface area contributed by atoms with Gasteiger partial charge in [-0.05, 0) is 37.2 Å². The number of rotatable bonds is 5. The monoisotopic (exact) mass is 286 g/mol. The zero-order chi connectivity index (χ0) is 13.8. The maximum Gasteiger partial charge on any atom is 0.137 e. The summed E-state index contributed by atoms with van der Waals surface area (Å²) in [6, 6.07) is 12.6. The molecule has 2 heterocycles. The van der Waals surface area contributed by atoms with E-state index < -0.39 is 0 Å². The van der Waals surface area contributed by atoms with Gasteiger partial charge in [0, 0.05) is 16.7 Å². The largest absolute Gasteiger partial charge is 0.491 e. The predicted octanol–water partition coefficient (Wildman–Crippen LogP) is 2.90. The molecule has 2 aromatic rings. The molecule has 1 aliphatic rings. The van der Waals surface area contributed by atoms with Crippen molar-refractivity contribution < 1.29 is 4.74 Å². The Morgan fingerprint density at radius 1 is 1.30 bits per heavy atom. The highest BCUT2D eigenvalue weighted by atomic mass is 32.2. The summed E-state index contributed by atoms with van der Waals surface area (Å²) >= 11 is 1.91. The Hall–Kier alpha value is -1.52. The number of hydrogen-bond acceptors (Lipinski definition) is 4. The molecule has 20 heavy (non-hydrogen) atoms. The Bertz CT molecular complexity index is 546. The maximum atomic E-state index is 5.85. The van der Waals surface area contributed by atoms with Crippen molar-refractivity contribution in [3.8, 4) is 5.75 Å². The molecule has 1 N–H and O–H groups in total. The van der Waals surface area contributed by atoms with Crippen LogP contribution >= 0.6 is 11.8 Å². The highest BCUT2D eigenvalue weighted by Crippen LogP contribution is 2.36. The SMILES string of the molecule is CNCc1ccc(OCC2Cc3ccccc3S2)cn1. The predicted molar refractivity (Wildman–Crippen MR) is 82.3 cm³/mol. The van der Waals surface area contributed by atoms with E-state index in [1.54, 1.807) is 6.20 Å². The minimum atomic E-state index is 0.504. The molecule has 1 aromatic heterocycles. The summed E-state index contributed by atoms with van der Waals surface area (Å²) in [6.45, 7) is 1.51. The van der Waals surface area contributed by atoms with Crippen molar-refractivity contribution in [3.63, 3.8) is 0 Å². The number of ether oxygens (including phenoxy) is 1. The molecule has 1 aromatic carbocycles. The molecule has 0 bridgehead atoms. The molecule has 3 nitrogen and oxygen atoms in total. The Morgan fingerprint density at radius 2 is 2.20 bits per heavy atom. The average Bonchev–Trinajstić information content (AvgIpc) is 2.90. The van der Waals surface area contributed by atoms with E-state index in [-0.39, 0.29) is 0 Å². The lowest BCUT2D eigenvalue weighted by Crippen LogP contribution is -2.13. The van der Waals surface area contributed by atoms with Crippen LogP contribution in [0.4, 0.5) is 0 Å². The van der Waals surface area contributed by atoms with Gasteiger partial charge in [0.05, 0.1) is 11.9 Å². The second-order valence-electron chi connectivity index (χ2n) is 4.88. The zero-order valence-electron chi connectivity index (χ0n) is 11.5. The highest BCUT2D eigenvalue weighted by Gasteiger charge is 2.22. The molecule has 0 aliphatic carbocycles. The van der Waals surface area contributed by atoms with E-state index in [4.69, 9.17) is 4.74 Å². The maximum absolute atomic E-state index is 5.85. The number of nitrogens with one attached hydrogen (secondary N) is 1. The highest BCUT2D eigenvalue weighted by molar-refractivity contribution is 8.00. The molecular formula is C16H18N2OS. The van der Waals surface area contributed by atoms with Gasteiger partial charge in [-0.1, -0.05) is 18.2 Å². The van der Waals surface area contributed by atoms with Crippen molar-refractivity contribution in [2.24, 2.45) is 0 Å². The van der Waals surface area contributed by atoms with E-state index in [0.29, 0.717) is 5.25 Å². The quantitative estimate of drug-likeness (QED) is 0.916. The van der Waals surface area contributed by atoms with Gasteiger partial charge in [0.25, 0.3) is 0 Å². The fourth-order valence-corrected chi connectivity index (χ4v) is 3.54. The number of benzene rings is 1. The minimum Gasteiger partial charge on any atom is -0.491 e. The summed E-state index contributed by atoms with van der Waals surface area (Å²) in [4.78, 5) is 5.75. The Labute approximate surface area is 123 Å². The number of hydrogen-bond donors (Lipinski definition) is 1. The summed E-state index contributed by atoms with van der Waals surface area (Å²) in [5.41, 5.74) is 2.47. The third-order valence-corrected chi connectivity index (χ3v) is 4.59. The molecule has 104 valence electrons. The smallest absolute Gasteiger partial charge is 0.137 e. The fraction of sp³-hybridized carbons (Fsp3) is 0.312. The van der Waals surface area contributed by atoms with Crippen molar-refractivity contribution in [2.45, 2.75) is 23.1 Å². The summed E-state index contributed by atoms with van der Waals surface area (Å²) < 4.78 is 5.85. The lowest BCUT2D eigenvalue weighted by atomic mass is 10.1. The lowest BCUT2D eigenvalue weighted by Gasteiger charge is -2.11. The Kier molecular flexibility index (Phi) is 4.23. The second kappa shape index (κ2) is 6.29. The van der Waals surface area contributed by atoms with Gasteiger partial charge in [0.15, 0.2) is 0 Å². The molecule has 0 amide bonds. The normalized spacial score (nSPS) is 16.9. The molecule has 0 radical (unpaired) electrons. The first-order valence-electron chi connectivity index (χ1n) is 6.82. The molecule has 0 spiro atoms. The first-order chi connectivity index (χ1) is 9.85. The lowest BCUT2D eigenvalue weighted by molar-refractivity contribution is 0.316. The summed E-state index contributed by atoms with van der Waals surface area (Å²) in [5.74, 6) is 0.849. The van der Waals surface area contributed by atoms with E-state index in [0.717, 1.165) is 31.0 Å². The van der Waals surface area contributed by atoms with E-state index >= 15 is 0 Å². The summed E-state index contributed by atoms with van der Waals surface area (Å²) in [6.07, 6.45) is 2.89. The zero-order valence-corrected chi connectivity index (χ0v) is 12.3. The Balaban J connectivity index is 1.53. The van der Waals surface area contributed by atoms with Crippen molar-refractivity contribution in [1.29, 1.82) is 0 Å². The molecule has 0 fully saturated rings. The molecular weight excluding hydrogens is 268 g/mol. The van der Waals surface area contributed by atoms with Crippen molar-refractivity contribution >= 4 is 11.8 Å². The average molecular weight is 286 g/mol. The van der Waals surface area contributed by atoms with Crippen LogP contribution < -0.4 is 10.1 Å². The van der Waals surface area contributed by atoms with E-state index in [2.05, 4.69) is 34.6 Å². The molecule has 3 rings (SSSR count). The van der Waals surface area contributed by atoms with Crippen LogP contribution in [0.5, 0.6) is 5.75 Å². The van der Waals surface area contributed by atoms with E-state index in [1.165, 1.54) is 10.5 Å². The van der Waals surface area contributed by atoms with Crippen LogP contribution in [0.2, 0.25) is 0 Å². The van der Waals surface area contributed by atoms with Gasteiger partial charge in [-0.25, -0.2) is 0 Å². The van der Waals surface area contributed by atoms with Gasteiger partial charge in [-0.2, -0.15) is 0 Å². The van der Waals surface area contributed by atoms with Crippen molar-refractivity contribution in [2.75, 3.05) is 13.7 Å². The molecule has 0 saturated heterocycles. The second-order valence-corrected chi connectivity index (χ2v) is 6.22. The number of fused-ring (bicyclic) bond motifs is 1. The van der Waals surface area contributed by atoms with Crippen LogP contribution in [0.25, 0.3) is 0 Å². The topological polar surface area (TPSA) is 34.1 Å². The van der Waals surface area contributed by atoms with E-state index in [9.17, 15) is 0 Å². The summed E-state index contributed by atoms with van der Waals surface area (Å²) in [5, 5.41) is 3.59. The van der Waals surface area contributed by atoms with Gasteiger partial charge >= 0.3 is 0 Å². The van der Waals surface area contributed by atoms with Crippen LogP contribution in [-0.2, 0) is 13.0 Å². The van der Waals surface area contributed by atoms with Gasteiger partial charge in [0.2, 0.25) is 0 Å². The summed E-state index contributed by atoms with van der Waals surface area (Å²) in [7, 11) is 1.92. The molecule has 0 saturated carbocycles. The van der Waals surface area contributed by atoms with Crippen molar-refractivity contribution in [1.82, 2.24) is 10.3 Å². The molecule has 4 heteroatoms. The first kappa shape index (κ1) is 13.5. The molecule has 1 unspecified atom stereocenters. The minimum absolute atomic E-state index is 0.504. The van der Waals surface area contributed by atoms with Crippen LogP contribution in [0.3, 0.4) is 0 Å². The Morgan fingerprint density at radius 3 is 2.95 bits per heavy atom. The third kappa shape index (κ3) is 3.14. The number of pyridine rings is 1. The van der Waals surface area contributed by atoms with Gasteiger partial charge < -0.3 is 10.1 Å².